The molecular weight excluding hydrogens is 278 g/mol. The van der Waals surface area contributed by atoms with Crippen LogP contribution in [0, 0.1) is 11.6 Å². The molecule has 0 unspecified atom stereocenters. The highest BCUT2D eigenvalue weighted by Crippen LogP contribution is 2.32. The molecule has 0 saturated heterocycles. The molecule has 0 fully saturated rings. The molecule has 21 heavy (non-hydrogen) atoms. The van der Waals surface area contributed by atoms with Crippen LogP contribution in [0.3, 0.4) is 0 Å². The Bertz CT molecular complexity index is 644. The zero-order valence-corrected chi connectivity index (χ0v) is 11.5. The second-order valence-corrected chi connectivity index (χ2v) is 4.81. The lowest BCUT2D eigenvalue weighted by Gasteiger charge is -2.20. The summed E-state index contributed by atoms with van der Waals surface area (Å²) in [6, 6.07) is 5.64. The van der Waals surface area contributed by atoms with Crippen LogP contribution in [0.15, 0.2) is 30.6 Å². The first-order valence-electron chi connectivity index (χ1n) is 6.54. The third-order valence-electron chi connectivity index (χ3n) is 3.38. The lowest BCUT2D eigenvalue weighted by Crippen LogP contribution is -2.22. The molecule has 0 aliphatic carbocycles. The van der Waals surface area contributed by atoms with Crippen molar-refractivity contribution in [3.05, 3.63) is 47.8 Å². The summed E-state index contributed by atoms with van der Waals surface area (Å²) in [5, 5.41) is 0. The Hall–Kier alpha value is -2.37. The summed E-state index contributed by atoms with van der Waals surface area (Å²) in [5.74, 6) is 0.0983. The number of hydrogen-bond donors (Lipinski definition) is 0. The Morgan fingerprint density at radius 2 is 1.86 bits per heavy atom. The number of benzene rings is 1. The number of ether oxygens (including phenoxy) is 2. The van der Waals surface area contributed by atoms with Gasteiger partial charge in [-0.15, -0.1) is 0 Å². The maximum Gasteiger partial charge on any atom is 0.231 e. The van der Waals surface area contributed by atoms with Gasteiger partial charge < -0.3 is 14.4 Å². The Labute approximate surface area is 120 Å². The molecule has 1 aromatic heterocycles. The predicted molar refractivity (Wildman–Crippen MR) is 73.7 cm³/mol. The number of rotatable bonds is 4. The molecule has 0 radical (unpaired) electrons. The van der Waals surface area contributed by atoms with E-state index in [1.165, 1.54) is 4.90 Å². The van der Waals surface area contributed by atoms with E-state index < -0.39 is 11.6 Å². The largest absolute Gasteiger partial charge is 0.454 e. The minimum absolute atomic E-state index is 0.0641. The van der Waals surface area contributed by atoms with Crippen molar-refractivity contribution in [2.45, 2.75) is 6.42 Å². The first kappa shape index (κ1) is 13.6. The minimum atomic E-state index is -0.664. The molecule has 0 atom stereocenters. The van der Waals surface area contributed by atoms with E-state index in [4.69, 9.17) is 9.47 Å². The van der Waals surface area contributed by atoms with Crippen LogP contribution >= 0.6 is 0 Å². The van der Waals surface area contributed by atoms with Gasteiger partial charge in [0, 0.05) is 13.6 Å². The average Bonchev–Trinajstić information content (AvgIpc) is 2.92. The smallest absolute Gasteiger partial charge is 0.231 e. The second-order valence-electron chi connectivity index (χ2n) is 4.81. The molecule has 0 bridgehead atoms. The van der Waals surface area contributed by atoms with Crippen molar-refractivity contribution in [1.29, 1.82) is 0 Å². The Morgan fingerprint density at radius 1 is 1.14 bits per heavy atom. The van der Waals surface area contributed by atoms with Crippen molar-refractivity contribution in [1.82, 2.24) is 4.98 Å². The monoisotopic (exact) mass is 292 g/mol. The molecule has 3 rings (SSSR count). The normalized spacial score (nSPS) is 12.5. The van der Waals surface area contributed by atoms with Crippen molar-refractivity contribution < 1.29 is 18.3 Å². The number of pyridine rings is 1. The number of nitrogens with zero attached hydrogens (tertiary/aromatic N) is 2. The summed E-state index contributed by atoms with van der Waals surface area (Å²) in [6.07, 6.45) is 2.65. The molecule has 0 N–H and O–H groups in total. The van der Waals surface area contributed by atoms with Crippen LogP contribution < -0.4 is 14.4 Å². The van der Waals surface area contributed by atoms with E-state index in [-0.39, 0.29) is 12.5 Å². The molecule has 1 aliphatic heterocycles. The molecule has 2 heterocycles. The second kappa shape index (κ2) is 5.55. The first-order chi connectivity index (χ1) is 10.1. The van der Waals surface area contributed by atoms with E-state index in [1.54, 1.807) is 7.05 Å². The van der Waals surface area contributed by atoms with Gasteiger partial charge in [0.25, 0.3) is 0 Å². The van der Waals surface area contributed by atoms with Crippen LogP contribution in [0.25, 0.3) is 0 Å². The molecule has 4 nitrogen and oxygen atoms in total. The van der Waals surface area contributed by atoms with Crippen molar-refractivity contribution in [3.63, 3.8) is 0 Å². The van der Waals surface area contributed by atoms with Gasteiger partial charge >= 0.3 is 0 Å². The highest BCUT2D eigenvalue weighted by molar-refractivity contribution is 5.48. The van der Waals surface area contributed by atoms with E-state index in [0.29, 0.717) is 18.7 Å². The van der Waals surface area contributed by atoms with Crippen LogP contribution in [-0.4, -0.2) is 25.4 Å². The molecule has 110 valence electrons. The van der Waals surface area contributed by atoms with Gasteiger partial charge in [-0.25, -0.2) is 8.78 Å². The summed E-state index contributed by atoms with van der Waals surface area (Å²) >= 11 is 0. The standard InChI is InChI=1S/C15H14F2N2O2/c1-19(15-11(16)7-18-8-12(15)17)5-4-10-2-3-13-14(6-10)21-9-20-13/h2-3,6-8H,4-5,9H2,1H3. The lowest BCUT2D eigenvalue weighted by molar-refractivity contribution is 0.174. The number of halogens is 2. The van der Waals surface area contributed by atoms with Gasteiger partial charge in [0.15, 0.2) is 23.1 Å². The van der Waals surface area contributed by atoms with Crippen LogP contribution in [0.1, 0.15) is 5.56 Å². The maximum atomic E-state index is 13.6. The van der Waals surface area contributed by atoms with Gasteiger partial charge in [0.05, 0.1) is 12.4 Å². The molecule has 1 aromatic carbocycles. The Balaban J connectivity index is 1.70. The SMILES string of the molecule is CN(CCc1ccc2c(c1)OCO2)c1c(F)cncc1F. The molecule has 0 amide bonds. The molecular formula is C15H14F2N2O2. The van der Waals surface area contributed by atoms with Gasteiger partial charge in [-0.2, -0.15) is 0 Å². The van der Waals surface area contributed by atoms with E-state index >= 15 is 0 Å². The molecule has 0 saturated carbocycles. The van der Waals surface area contributed by atoms with Crippen LogP contribution in [0.5, 0.6) is 11.5 Å². The average molecular weight is 292 g/mol. The number of aromatic nitrogens is 1. The van der Waals surface area contributed by atoms with Gasteiger partial charge in [0.2, 0.25) is 6.79 Å². The Morgan fingerprint density at radius 3 is 2.62 bits per heavy atom. The van der Waals surface area contributed by atoms with Crippen LogP contribution in [0.4, 0.5) is 14.5 Å². The van der Waals surface area contributed by atoms with E-state index in [2.05, 4.69) is 4.98 Å². The van der Waals surface area contributed by atoms with E-state index in [9.17, 15) is 8.78 Å². The van der Waals surface area contributed by atoms with Crippen molar-refractivity contribution in [2.75, 3.05) is 25.3 Å². The fourth-order valence-corrected chi connectivity index (χ4v) is 2.27. The summed E-state index contributed by atoms with van der Waals surface area (Å²) < 4.78 is 37.8. The fraction of sp³-hybridized carbons (Fsp3) is 0.267. The number of anilines is 1. The highest BCUT2D eigenvalue weighted by Gasteiger charge is 2.16. The van der Waals surface area contributed by atoms with Crippen molar-refractivity contribution in [2.24, 2.45) is 0 Å². The highest BCUT2D eigenvalue weighted by atomic mass is 19.1. The number of hydrogen-bond acceptors (Lipinski definition) is 4. The predicted octanol–water partition coefficient (Wildman–Crippen LogP) is 2.77. The fourth-order valence-electron chi connectivity index (χ4n) is 2.27. The quantitative estimate of drug-likeness (QED) is 0.868. The molecule has 0 spiro atoms. The van der Waals surface area contributed by atoms with E-state index in [1.807, 2.05) is 18.2 Å². The first-order valence-corrected chi connectivity index (χ1v) is 6.54. The maximum absolute atomic E-state index is 13.6. The zero-order chi connectivity index (χ0) is 14.8. The third-order valence-corrected chi connectivity index (χ3v) is 3.38. The topological polar surface area (TPSA) is 34.6 Å². The summed E-state index contributed by atoms with van der Waals surface area (Å²) in [7, 11) is 1.65. The molecule has 1 aliphatic rings. The lowest BCUT2D eigenvalue weighted by atomic mass is 10.1. The van der Waals surface area contributed by atoms with Gasteiger partial charge in [0.1, 0.15) is 5.69 Å². The van der Waals surface area contributed by atoms with Crippen molar-refractivity contribution >= 4 is 5.69 Å². The van der Waals surface area contributed by atoms with Crippen LogP contribution in [0.2, 0.25) is 0 Å². The van der Waals surface area contributed by atoms with E-state index in [0.717, 1.165) is 23.7 Å². The summed E-state index contributed by atoms with van der Waals surface area (Å²) in [5.41, 5.74) is 0.951. The minimum Gasteiger partial charge on any atom is -0.454 e. The van der Waals surface area contributed by atoms with Gasteiger partial charge in [-0.1, -0.05) is 6.07 Å². The van der Waals surface area contributed by atoms with Crippen molar-refractivity contribution in [3.8, 4) is 11.5 Å². The number of likely N-dealkylation sites (N-methyl/N-ethyl adjacent to an activating group) is 1. The van der Waals surface area contributed by atoms with Gasteiger partial charge in [-0.05, 0) is 24.1 Å². The Kier molecular flexibility index (Phi) is 3.60. The summed E-state index contributed by atoms with van der Waals surface area (Å²) in [6.45, 7) is 0.698. The molecule has 6 heteroatoms. The van der Waals surface area contributed by atoms with Gasteiger partial charge in [-0.3, -0.25) is 4.98 Å². The van der Waals surface area contributed by atoms with Crippen LogP contribution in [-0.2, 0) is 6.42 Å². The third kappa shape index (κ3) is 2.74. The molecule has 2 aromatic rings. The summed E-state index contributed by atoms with van der Waals surface area (Å²) in [4.78, 5) is 5.02. The number of fused-ring (bicyclic) bond motifs is 1. The zero-order valence-electron chi connectivity index (χ0n) is 11.5.